The summed E-state index contributed by atoms with van der Waals surface area (Å²) in [6.07, 6.45) is 3.88. The molecular weight excluding hydrogens is 346 g/mol. The zero-order valence-electron chi connectivity index (χ0n) is 16.8. The highest BCUT2D eigenvalue weighted by atomic mass is 16.1. The number of allylic oxidation sites excluding steroid dienone is 1. The van der Waals surface area contributed by atoms with Gasteiger partial charge in [0.15, 0.2) is 0 Å². The Balaban J connectivity index is 1.83. The fourth-order valence-electron chi connectivity index (χ4n) is 3.46. The number of carbonyl (C=O) groups is 1. The van der Waals surface area contributed by atoms with Crippen molar-refractivity contribution < 1.29 is 4.79 Å². The monoisotopic (exact) mass is 371 g/mol. The minimum Gasteiger partial charge on any atom is -0.366 e. The number of likely N-dealkylation sites (N-methyl/N-ethyl adjacent to an activating group) is 1. The molecule has 1 amide bonds. The Morgan fingerprint density at radius 3 is 2.61 bits per heavy atom. The van der Waals surface area contributed by atoms with Crippen molar-refractivity contribution in [3.05, 3.63) is 76.9 Å². The minimum atomic E-state index is -0.366. The molecule has 28 heavy (non-hydrogen) atoms. The van der Waals surface area contributed by atoms with Crippen LogP contribution in [0.4, 0.5) is 5.69 Å². The number of benzene rings is 2. The van der Waals surface area contributed by atoms with Gasteiger partial charge < -0.3 is 10.2 Å². The van der Waals surface area contributed by atoms with Crippen LogP contribution in [-0.4, -0.2) is 18.5 Å². The van der Waals surface area contributed by atoms with E-state index in [-0.39, 0.29) is 17.0 Å². The summed E-state index contributed by atoms with van der Waals surface area (Å²) in [6, 6.07) is 17.7. The Labute approximate surface area is 166 Å². The molecule has 0 radical (unpaired) electrons. The first-order valence-electron chi connectivity index (χ1n) is 9.33. The molecule has 0 saturated heterocycles. The SMILES string of the molecule is CC1=CC(C)(C)N(C)c2ccc(/C=C(/C#N)C(=O)NCc3ccccc3)cc21. The normalized spacial score (nSPS) is 15.3. The van der Waals surface area contributed by atoms with Crippen LogP contribution in [0.15, 0.2) is 60.2 Å². The molecule has 2 aromatic carbocycles. The third kappa shape index (κ3) is 3.99. The van der Waals surface area contributed by atoms with E-state index in [2.05, 4.69) is 50.2 Å². The molecule has 0 aliphatic carbocycles. The van der Waals surface area contributed by atoms with Crippen molar-refractivity contribution in [2.75, 3.05) is 11.9 Å². The highest BCUT2D eigenvalue weighted by Crippen LogP contribution is 2.38. The quantitative estimate of drug-likeness (QED) is 0.634. The second-order valence-electron chi connectivity index (χ2n) is 7.65. The van der Waals surface area contributed by atoms with Gasteiger partial charge in [0.1, 0.15) is 11.6 Å². The molecule has 0 bridgehead atoms. The third-order valence-electron chi connectivity index (χ3n) is 5.21. The zero-order valence-corrected chi connectivity index (χ0v) is 16.8. The lowest BCUT2D eigenvalue weighted by molar-refractivity contribution is -0.117. The van der Waals surface area contributed by atoms with Crippen LogP contribution >= 0.6 is 0 Å². The van der Waals surface area contributed by atoms with Gasteiger partial charge in [-0.05, 0) is 55.7 Å². The molecule has 142 valence electrons. The number of amides is 1. The Morgan fingerprint density at radius 1 is 1.21 bits per heavy atom. The molecule has 1 heterocycles. The number of nitrogens with one attached hydrogen (secondary N) is 1. The summed E-state index contributed by atoms with van der Waals surface area (Å²) in [5.41, 5.74) is 5.34. The molecule has 2 aromatic rings. The van der Waals surface area contributed by atoms with Gasteiger partial charge in [0.25, 0.3) is 5.91 Å². The molecule has 1 N–H and O–H groups in total. The summed E-state index contributed by atoms with van der Waals surface area (Å²) < 4.78 is 0. The van der Waals surface area contributed by atoms with Gasteiger partial charge in [-0.3, -0.25) is 4.79 Å². The summed E-state index contributed by atoms with van der Waals surface area (Å²) >= 11 is 0. The number of rotatable bonds is 4. The molecule has 1 aliphatic rings. The fourth-order valence-corrected chi connectivity index (χ4v) is 3.46. The van der Waals surface area contributed by atoms with Gasteiger partial charge in [-0.15, -0.1) is 0 Å². The Bertz CT molecular complexity index is 994. The fraction of sp³-hybridized carbons (Fsp3) is 0.250. The van der Waals surface area contributed by atoms with Crippen LogP contribution in [0.25, 0.3) is 11.6 Å². The van der Waals surface area contributed by atoms with Crippen LogP contribution in [0.5, 0.6) is 0 Å². The molecule has 4 heteroatoms. The second-order valence-corrected chi connectivity index (χ2v) is 7.65. The van der Waals surface area contributed by atoms with E-state index in [0.717, 1.165) is 22.4 Å². The van der Waals surface area contributed by atoms with Crippen molar-refractivity contribution in [1.82, 2.24) is 5.32 Å². The van der Waals surface area contributed by atoms with E-state index in [1.165, 1.54) is 5.57 Å². The number of nitriles is 1. The van der Waals surface area contributed by atoms with Crippen molar-refractivity contribution >= 4 is 23.2 Å². The standard InChI is InChI=1S/C24H25N3O/c1-17-14-24(2,3)27(4)22-11-10-19(13-21(17)22)12-20(15-25)23(28)26-16-18-8-6-5-7-9-18/h5-14H,16H2,1-4H3,(H,26,28)/b20-12-. The maximum atomic E-state index is 12.4. The predicted octanol–water partition coefficient (Wildman–Crippen LogP) is 4.54. The maximum Gasteiger partial charge on any atom is 0.262 e. The van der Waals surface area contributed by atoms with Gasteiger partial charge in [-0.2, -0.15) is 5.26 Å². The van der Waals surface area contributed by atoms with Crippen LogP contribution in [0.1, 0.15) is 37.5 Å². The number of hydrogen-bond acceptors (Lipinski definition) is 3. The van der Waals surface area contributed by atoms with Gasteiger partial charge in [0, 0.05) is 24.8 Å². The highest BCUT2D eigenvalue weighted by Gasteiger charge is 2.28. The predicted molar refractivity (Wildman–Crippen MR) is 114 cm³/mol. The molecule has 0 atom stereocenters. The lowest BCUT2D eigenvalue weighted by atomic mass is 9.88. The van der Waals surface area contributed by atoms with E-state index in [9.17, 15) is 10.1 Å². The highest BCUT2D eigenvalue weighted by molar-refractivity contribution is 6.01. The molecule has 0 saturated carbocycles. The summed E-state index contributed by atoms with van der Waals surface area (Å²) in [6.45, 7) is 6.85. The van der Waals surface area contributed by atoms with E-state index < -0.39 is 0 Å². The van der Waals surface area contributed by atoms with Gasteiger partial charge in [-0.1, -0.05) is 42.5 Å². The minimum absolute atomic E-state index is 0.0520. The van der Waals surface area contributed by atoms with Crippen LogP contribution in [-0.2, 0) is 11.3 Å². The van der Waals surface area contributed by atoms with E-state index in [1.807, 2.05) is 48.5 Å². The smallest absolute Gasteiger partial charge is 0.262 e. The van der Waals surface area contributed by atoms with Gasteiger partial charge in [0.2, 0.25) is 0 Å². The Hall–Kier alpha value is -3.32. The van der Waals surface area contributed by atoms with Crippen molar-refractivity contribution in [3.63, 3.8) is 0 Å². The van der Waals surface area contributed by atoms with Gasteiger partial charge >= 0.3 is 0 Å². The first-order valence-corrected chi connectivity index (χ1v) is 9.33. The van der Waals surface area contributed by atoms with Crippen molar-refractivity contribution in [2.24, 2.45) is 0 Å². The van der Waals surface area contributed by atoms with Crippen molar-refractivity contribution in [3.8, 4) is 6.07 Å². The van der Waals surface area contributed by atoms with E-state index in [1.54, 1.807) is 6.08 Å². The Kier molecular flexibility index (Phi) is 5.37. The van der Waals surface area contributed by atoms with Crippen molar-refractivity contribution in [2.45, 2.75) is 32.9 Å². The van der Waals surface area contributed by atoms with Crippen molar-refractivity contribution in [1.29, 1.82) is 5.26 Å². The number of carbonyl (C=O) groups excluding carboxylic acids is 1. The first kappa shape index (κ1) is 19.4. The summed E-state index contributed by atoms with van der Waals surface area (Å²) in [4.78, 5) is 14.7. The topological polar surface area (TPSA) is 56.1 Å². The molecular formula is C24H25N3O. The first-order chi connectivity index (χ1) is 13.3. The second kappa shape index (κ2) is 7.74. The van der Waals surface area contributed by atoms with E-state index >= 15 is 0 Å². The zero-order chi connectivity index (χ0) is 20.3. The van der Waals surface area contributed by atoms with Crippen LogP contribution in [0.3, 0.4) is 0 Å². The van der Waals surface area contributed by atoms with Gasteiger partial charge in [0.05, 0.1) is 5.54 Å². The molecule has 0 spiro atoms. The summed E-state index contributed by atoms with van der Waals surface area (Å²) in [5, 5.41) is 12.3. The summed E-state index contributed by atoms with van der Waals surface area (Å²) in [5.74, 6) is -0.366. The Morgan fingerprint density at radius 2 is 1.93 bits per heavy atom. The molecule has 1 aliphatic heterocycles. The molecule has 0 unspecified atom stereocenters. The molecule has 0 fully saturated rings. The number of anilines is 1. The summed E-state index contributed by atoms with van der Waals surface area (Å²) in [7, 11) is 2.08. The van der Waals surface area contributed by atoms with Crippen LogP contribution in [0, 0.1) is 11.3 Å². The number of fused-ring (bicyclic) bond motifs is 1. The molecule has 4 nitrogen and oxygen atoms in total. The maximum absolute atomic E-state index is 12.4. The van der Waals surface area contributed by atoms with E-state index in [0.29, 0.717) is 6.54 Å². The van der Waals surface area contributed by atoms with Crippen LogP contribution in [0.2, 0.25) is 0 Å². The largest absolute Gasteiger partial charge is 0.366 e. The number of nitrogens with zero attached hydrogens (tertiary/aromatic N) is 2. The van der Waals surface area contributed by atoms with E-state index in [4.69, 9.17) is 0 Å². The lowest BCUT2D eigenvalue weighted by Gasteiger charge is -2.40. The average Bonchev–Trinajstić information content (AvgIpc) is 2.69. The van der Waals surface area contributed by atoms with Crippen LogP contribution < -0.4 is 10.2 Å². The number of hydrogen-bond donors (Lipinski definition) is 1. The molecule has 0 aromatic heterocycles. The lowest BCUT2D eigenvalue weighted by Crippen LogP contribution is -2.42. The van der Waals surface area contributed by atoms with Gasteiger partial charge in [-0.25, -0.2) is 0 Å². The average molecular weight is 371 g/mol. The third-order valence-corrected chi connectivity index (χ3v) is 5.21. The molecule has 3 rings (SSSR count).